The minimum absolute atomic E-state index is 0.0341. The monoisotopic (exact) mass is 222 g/mol. The van der Waals surface area contributed by atoms with Crippen molar-refractivity contribution in [3.63, 3.8) is 0 Å². The first-order valence-electron chi connectivity index (χ1n) is 6.35. The zero-order valence-corrected chi connectivity index (χ0v) is 9.20. The molecule has 6 aliphatic rings. The Hall–Kier alpha value is -0.810. The van der Waals surface area contributed by atoms with E-state index in [4.69, 9.17) is 0 Å². The van der Waals surface area contributed by atoms with Crippen molar-refractivity contribution in [1.29, 1.82) is 0 Å². The molecule has 6 fully saturated rings. The molecule has 6 atom stereocenters. The van der Waals surface area contributed by atoms with Crippen molar-refractivity contribution in [3.05, 3.63) is 0 Å². The van der Waals surface area contributed by atoms with Crippen LogP contribution in [0.1, 0.15) is 12.8 Å². The van der Waals surface area contributed by atoms with Gasteiger partial charge in [0.05, 0.1) is 0 Å². The Morgan fingerprint density at radius 1 is 0.938 bits per heavy atom. The van der Waals surface area contributed by atoms with E-state index in [0.717, 1.165) is 13.1 Å². The van der Waals surface area contributed by atoms with Crippen molar-refractivity contribution in [1.82, 2.24) is 21.3 Å². The highest BCUT2D eigenvalue weighted by molar-refractivity contribution is 5.75. The number of nitrogens with one attached hydrogen (secondary N) is 4. The van der Waals surface area contributed by atoms with E-state index < -0.39 is 0 Å². The van der Waals surface area contributed by atoms with Crippen LogP contribution in [0.25, 0.3) is 0 Å². The van der Waals surface area contributed by atoms with E-state index >= 15 is 0 Å². The summed E-state index contributed by atoms with van der Waals surface area (Å²) in [5, 5.41) is 13.0. The van der Waals surface area contributed by atoms with Crippen LogP contribution in [0.5, 0.6) is 0 Å². The summed E-state index contributed by atoms with van der Waals surface area (Å²) in [6.07, 6.45) is 2.47. The number of carbonyl (C=O) groups excluding carboxylic acids is 1. The molecular weight excluding hydrogens is 204 g/mol. The van der Waals surface area contributed by atoms with Gasteiger partial charge in [-0.2, -0.15) is 0 Å². The number of carbonyl (C=O) groups is 1. The molecule has 0 radical (unpaired) electrons. The van der Waals surface area contributed by atoms with Crippen LogP contribution in [-0.4, -0.2) is 43.3 Å². The Bertz CT molecular complexity index is 276. The lowest BCUT2D eigenvalue weighted by molar-refractivity contribution is 0.190. The Kier molecular flexibility index (Phi) is 1.79. The second-order valence-corrected chi connectivity index (χ2v) is 5.69. The van der Waals surface area contributed by atoms with Gasteiger partial charge in [0.25, 0.3) is 0 Å². The van der Waals surface area contributed by atoms with Crippen LogP contribution >= 0.6 is 0 Å². The highest BCUT2D eigenvalue weighted by atomic mass is 16.2. The number of hydrogen-bond acceptors (Lipinski definition) is 3. The van der Waals surface area contributed by atoms with Crippen LogP contribution in [0.3, 0.4) is 0 Å². The smallest absolute Gasteiger partial charge is 0.315 e. The van der Waals surface area contributed by atoms with Gasteiger partial charge in [-0.3, -0.25) is 0 Å². The van der Waals surface area contributed by atoms with E-state index in [0.29, 0.717) is 36.0 Å². The summed E-state index contributed by atoms with van der Waals surface area (Å²) >= 11 is 0. The van der Waals surface area contributed by atoms with Gasteiger partial charge in [0.1, 0.15) is 0 Å². The van der Waals surface area contributed by atoms with E-state index in [9.17, 15) is 4.79 Å². The highest BCUT2D eigenvalue weighted by Gasteiger charge is 2.49. The molecule has 4 bridgehead atoms. The molecule has 5 heteroatoms. The van der Waals surface area contributed by atoms with Gasteiger partial charge in [-0.15, -0.1) is 0 Å². The van der Waals surface area contributed by atoms with E-state index in [1.165, 1.54) is 12.8 Å². The summed E-state index contributed by atoms with van der Waals surface area (Å²) in [6.45, 7) is 2.15. The summed E-state index contributed by atoms with van der Waals surface area (Å²) in [6, 6.07) is 1.86. The second-order valence-electron chi connectivity index (χ2n) is 5.69. The van der Waals surface area contributed by atoms with Crippen LogP contribution in [0.15, 0.2) is 0 Å². The molecule has 0 spiro atoms. The van der Waals surface area contributed by atoms with Crippen LogP contribution in [0.2, 0.25) is 0 Å². The second kappa shape index (κ2) is 3.11. The maximum atomic E-state index is 11.8. The van der Waals surface area contributed by atoms with Crippen LogP contribution in [0.4, 0.5) is 4.79 Å². The van der Waals surface area contributed by atoms with Crippen LogP contribution in [-0.2, 0) is 0 Å². The van der Waals surface area contributed by atoms with Crippen molar-refractivity contribution >= 4 is 6.03 Å². The molecule has 2 amide bonds. The lowest BCUT2D eigenvalue weighted by atomic mass is 9.79. The van der Waals surface area contributed by atoms with Gasteiger partial charge in [0.2, 0.25) is 0 Å². The molecule has 0 aromatic heterocycles. The molecule has 4 N–H and O–H groups in total. The lowest BCUT2D eigenvalue weighted by Gasteiger charge is -2.38. The van der Waals surface area contributed by atoms with Crippen LogP contribution in [0, 0.1) is 11.8 Å². The van der Waals surface area contributed by atoms with E-state index in [2.05, 4.69) is 21.3 Å². The quantitative estimate of drug-likeness (QED) is 0.485. The van der Waals surface area contributed by atoms with E-state index in [-0.39, 0.29) is 6.03 Å². The molecule has 6 rings (SSSR count). The predicted molar refractivity (Wildman–Crippen MR) is 59.0 cm³/mol. The first-order chi connectivity index (χ1) is 7.81. The molecule has 16 heavy (non-hydrogen) atoms. The molecule has 2 saturated carbocycles. The molecule has 0 unspecified atom stereocenters. The van der Waals surface area contributed by atoms with Gasteiger partial charge in [-0.05, 0) is 24.7 Å². The Morgan fingerprint density at radius 2 is 1.44 bits per heavy atom. The Balaban J connectivity index is 1.30. The molecule has 4 aliphatic heterocycles. The number of amides is 2. The molecule has 5 nitrogen and oxygen atoms in total. The van der Waals surface area contributed by atoms with Gasteiger partial charge < -0.3 is 21.3 Å². The fraction of sp³-hybridized carbons (Fsp3) is 0.909. The van der Waals surface area contributed by atoms with Gasteiger partial charge in [-0.25, -0.2) is 4.79 Å². The summed E-state index contributed by atoms with van der Waals surface area (Å²) < 4.78 is 0. The summed E-state index contributed by atoms with van der Waals surface area (Å²) in [7, 11) is 0. The average Bonchev–Trinajstić information content (AvgIpc) is 2.98. The number of rotatable bonds is 2. The van der Waals surface area contributed by atoms with Crippen molar-refractivity contribution < 1.29 is 4.79 Å². The normalized spacial score (nSPS) is 51.8. The number of hydrogen-bond donors (Lipinski definition) is 4. The molecule has 0 aromatic carbocycles. The molecule has 88 valence electrons. The third kappa shape index (κ3) is 1.16. The summed E-state index contributed by atoms with van der Waals surface area (Å²) in [5.41, 5.74) is 0. The van der Waals surface area contributed by atoms with Gasteiger partial charge in [0, 0.05) is 37.3 Å². The van der Waals surface area contributed by atoms with Gasteiger partial charge >= 0.3 is 6.03 Å². The number of fused-ring (bicyclic) bond motifs is 2. The Morgan fingerprint density at radius 3 is 1.75 bits per heavy atom. The van der Waals surface area contributed by atoms with Crippen LogP contribution < -0.4 is 21.3 Å². The zero-order valence-electron chi connectivity index (χ0n) is 9.20. The molecule has 0 aromatic rings. The minimum atomic E-state index is 0.0341. The van der Waals surface area contributed by atoms with Crippen molar-refractivity contribution in [2.24, 2.45) is 11.8 Å². The molecule has 4 heterocycles. The van der Waals surface area contributed by atoms with Crippen molar-refractivity contribution in [3.8, 4) is 0 Å². The summed E-state index contributed by atoms with van der Waals surface area (Å²) in [5.74, 6) is 1.35. The number of urea groups is 1. The first-order valence-corrected chi connectivity index (χ1v) is 6.35. The zero-order chi connectivity index (χ0) is 10.7. The lowest BCUT2D eigenvalue weighted by Crippen LogP contribution is -2.61. The topological polar surface area (TPSA) is 65.2 Å². The van der Waals surface area contributed by atoms with E-state index in [1.54, 1.807) is 0 Å². The largest absolute Gasteiger partial charge is 0.334 e. The maximum absolute atomic E-state index is 11.8. The minimum Gasteiger partial charge on any atom is -0.334 e. The Labute approximate surface area is 94.7 Å². The summed E-state index contributed by atoms with van der Waals surface area (Å²) in [4.78, 5) is 11.8. The fourth-order valence-electron chi connectivity index (χ4n) is 3.73. The van der Waals surface area contributed by atoms with Gasteiger partial charge in [-0.1, -0.05) is 0 Å². The fourth-order valence-corrected chi connectivity index (χ4v) is 3.73. The third-order valence-corrected chi connectivity index (χ3v) is 4.88. The van der Waals surface area contributed by atoms with E-state index in [1.807, 2.05) is 0 Å². The predicted octanol–water partition coefficient (Wildman–Crippen LogP) is -0.994. The molecule has 2 aliphatic carbocycles. The maximum Gasteiger partial charge on any atom is 0.315 e. The molecular formula is C11H18N4O. The first kappa shape index (κ1) is 9.24. The molecule has 4 saturated heterocycles. The van der Waals surface area contributed by atoms with Crippen molar-refractivity contribution in [2.45, 2.75) is 37.0 Å². The standard InChI is InChI=1S/C11H18N4O/c16-11(14-9-5-1-7(9)12-3-5)15-10-6-2-8(10)13-4-6/h5-10,12-13H,1-4H2,(H2,14,15,16)/t5-,6+,7-,8+,9+,10-. The van der Waals surface area contributed by atoms with Crippen molar-refractivity contribution in [2.75, 3.05) is 13.1 Å². The van der Waals surface area contributed by atoms with Gasteiger partial charge in [0.15, 0.2) is 0 Å². The SMILES string of the molecule is O=C(N[C@@H]1[C@@H]2CN[C@H]1C2)N[C@H]1[C@H]2CN[C@@H]1C2. The average molecular weight is 222 g/mol. The highest BCUT2D eigenvalue weighted by Crippen LogP contribution is 2.35. The third-order valence-electron chi connectivity index (χ3n) is 4.88.